The molecule has 1 saturated heterocycles. The number of carbonyl (C=O) groups excluding carboxylic acids is 2. The van der Waals surface area contributed by atoms with Crippen LogP contribution in [0.4, 0.5) is 0 Å². The number of hydrogen-bond donors (Lipinski definition) is 3. The van der Waals surface area contributed by atoms with E-state index in [1.807, 2.05) is 18.7 Å². The van der Waals surface area contributed by atoms with E-state index in [9.17, 15) is 18.0 Å². The molecule has 4 rings (SSSR count). The second-order valence-electron chi connectivity index (χ2n) is 10.9. The summed E-state index contributed by atoms with van der Waals surface area (Å²) in [5.41, 5.74) is 2.95. The van der Waals surface area contributed by atoms with Crippen LogP contribution in [0, 0.1) is 11.8 Å². The summed E-state index contributed by atoms with van der Waals surface area (Å²) in [5, 5.41) is 2.87. The van der Waals surface area contributed by atoms with Gasteiger partial charge in [-0.05, 0) is 84.0 Å². The van der Waals surface area contributed by atoms with Gasteiger partial charge in [0.25, 0.3) is 0 Å². The quantitative estimate of drug-likeness (QED) is 0.449. The molecule has 194 valence electrons. The Morgan fingerprint density at radius 3 is 2.18 bits per heavy atom. The van der Waals surface area contributed by atoms with E-state index >= 15 is 0 Å². The molecular formula is C24H42N4O5S. The minimum atomic E-state index is -3.22. The van der Waals surface area contributed by atoms with E-state index in [-0.39, 0.29) is 53.3 Å². The van der Waals surface area contributed by atoms with Gasteiger partial charge < -0.3 is 10.2 Å². The Hall–Kier alpha value is -1.23. The van der Waals surface area contributed by atoms with Gasteiger partial charge in [-0.15, -0.1) is 0 Å². The highest BCUT2D eigenvalue weighted by Gasteiger charge is 2.37. The number of rotatable bonds is 9. The van der Waals surface area contributed by atoms with Gasteiger partial charge in [0.05, 0.1) is 5.25 Å². The molecule has 3 aliphatic carbocycles. The predicted molar refractivity (Wildman–Crippen MR) is 129 cm³/mol. The van der Waals surface area contributed by atoms with Crippen molar-refractivity contribution in [1.29, 1.82) is 0 Å². The third-order valence-electron chi connectivity index (χ3n) is 7.99. The van der Waals surface area contributed by atoms with Crippen molar-refractivity contribution in [2.45, 2.75) is 121 Å². The highest BCUT2D eigenvalue weighted by Crippen LogP contribution is 2.32. The van der Waals surface area contributed by atoms with E-state index in [2.05, 4.69) is 15.5 Å². The first kappa shape index (κ1) is 25.9. The Bertz CT molecular complexity index is 817. The highest BCUT2D eigenvalue weighted by molar-refractivity contribution is 7.90. The number of hydroxylamine groups is 1. The Morgan fingerprint density at radius 1 is 0.971 bits per heavy atom. The van der Waals surface area contributed by atoms with Crippen molar-refractivity contribution in [2.75, 3.05) is 6.54 Å². The summed E-state index contributed by atoms with van der Waals surface area (Å²) < 4.78 is 27.7. The molecule has 2 unspecified atom stereocenters. The average molecular weight is 499 g/mol. The summed E-state index contributed by atoms with van der Waals surface area (Å²) >= 11 is 0. The van der Waals surface area contributed by atoms with Gasteiger partial charge in [0.2, 0.25) is 21.8 Å². The van der Waals surface area contributed by atoms with Crippen LogP contribution in [0.15, 0.2) is 0 Å². The van der Waals surface area contributed by atoms with Gasteiger partial charge in [0.1, 0.15) is 0 Å². The van der Waals surface area contributed by atoms with Crippen LogP contribution in [0.2, 0.25) is 0 Å². The lowest BCUT2D eigenvalue weighted by Gasteiger charge is -2.34. The lowest BCUT2D eigenvalue weighted by atomic mass is 9.84. The maximum absolute atomic E-state index is 13.1. The summed E-state index contributed by atoms with van der Waals surface area (Å²) in [6.45, 7) is 4.67. The van der Waals surface area contributed by atoms with Crippen molar-refractivity contribution in [3.63, 3.8) is 0 Å². The van der Waals surface area contributed by atoms with E-state index in [1.54, 1.807) is 0 Å². The molecule has 0 bridgehead atoms. The molecule has 0 aromatic heterocycles. The van der Waals surface area contributed by atoms with Gasteiger partial charge in [-0.25, -0.2) is 13.1 Å². The molecule has 0 aromatic rings. The second-order valence-corrected chi connectivity index (χ2v) is 12.8. The van der Waals surface area contributed by atoms with E-state index in [1.165, 1.54) is 0 Å². The monoisotopic (exact) mass is 498 g/mol. The van der Waals surface area contributed by atoms with Crippen molar-refractivity contribution in [1.82, 2.24) is 20.4 Å². The van der Waals surface area contributed by atoms with Crippen LogP contribution >= 0.6 is 0 Å². The fraction of sp³-hybridized carbons (Fsp3) is 0.917. The first-order valence-electron chi connectivity index (χ1n) is 13.3. The Labute approximate surface area is 204 Å². The molecule has 10 heteroatoms. The fourth-order valence-corrected chi connectivity index (χ4v) is 7.52. The average Bonchev–Trinajstić information content (AvgIpc) is 3.51. The van der Waals surface area contributed by atoms with E-state index in [0.717, 1.165) is 57.8 Å². The van der Waals surface area contributed by atoms with Gasteiger partial charge >= 0.3 is 0 Å². The summed E-state index contributed by atoms with van der Waals surface area (Å²) in [6, 6.07) is 0.521. The van der Waals surface area contributed by atoms with E-state index < -0.39 is 10.0 Å². The lowest BCUT2D eigenvalue weighted by molar-refractivity contribution is -0.151. The normalized spacial score (nSPS) is 34.5. The molecule has 3 saturated carbocycles. The molecule has 34 heavy (non-hydrogen) atoms. The van der Waals surface area contributed by atoms with Crippen molar-refractivity contribution in [3.8, 4) is 0 Å². The summed E-state index contributed by atoms with van der Waals surface area (Å²) in [5.74, 6) is 0.475. The minimum absolute atomic E-state index is 0.00548. The van der Waals surface area contributed by atoms with E-state index in [0.29, 0.717) is 25.8 Å². The standard InChI is InChI=1S/C24H42N4O5S/c1-3-28(23-14-16(2)26-33-23)24(30)18-6-8-19(9-7-18)25-22(29)15-17-4-12-21(13-5-17)34(31,32)27-20-10-11-20/h16-21,23,26-27H,3-15H2,1-2H3,(H,25,29). The number of carbonyl (C=O) groups is 2. The molecule has 1 aliphatic heterocycles. The van der Waals surface area contributed by atoms with Gasteiger partial charge in [0.15, 0.2) is 6.23 Å². The van der Waals surface area contributed by atoms with Crippen LogP contribution in [-0.2, 0) is 24.4 Å². The maximum Gasteiger partial charge on any atom is 0.227 e. The molecule has 1 heterocycles. The topological polar surface area (TPSA) is 117 Å². The van der Waals surface area contributed by atoms with Crippen LogP contribution in [0.3, 0.4) is 0 Å². The zero-order valence-corrected chi connectivity index (χ0v) is 21.4. The molecule has 2 atom stereocenters. The van der Waals surface area contributed by atoms with E-state index in [4.69, 9.17) is 4.84 Å². The molecule has 0 radical (unpaired) electrons. The SMILES string of the molecule is CCN(C(=O)C1CCC(NC(=O)CC2CCC(S(=O)(=O)NC3CC3)CC2)CC1)C1CC(C)NO1. The molecular weight excluding hydrogens is 456 g/mol. The molecule has 0 spiro atoms. The number of amides is 2. The highest BCUT2D eigenvalue weighted by atomic mass is 32.2. The smallest absolute Gasteiger partial charge is 0.227 e. The zero-order valence-electron chi connectivity index (χ0n) is 20.6. The van der Waals surface area contributed by atoms with Gasteiger partial charge in [-0.2, -0.15) is 5.48 Å². The Morgan fingerprint density at radius 2 is 1.62 bits per heavy atom. The third-order valence-corrected chi connectivity index (χ3v) is 10.00. The minimum Gasteiger partial charge on any atom is -0.353 e. The molecule has 4 aliphatic rings. The number of nitrogens with one attached hydrogen (secondary N) is 3. The van der Waals surface area contributed by atoms with Gasteiger partial charge in [-0.1, -0.05) is 0 Å². The molecule has 3 N–H and O–H groups in total. The van der Waals surface area contributed by atoms with Crippen LogP contribution in [0.1, 0.15) is 90.9 Å². The van der Waals surface area contributed by atoms with Crippen LogP contribution in [0.5, 0.6) is 0 Å². The van der Waals surface area contributed by atoms with Crippen LogP contribution in [0.25, 0.3) is 0 Å². The fourth-order valence-electron chi connectivity index (χ4n) is 5.73. The maximum atomic E-state index is 13.1. The summed E-state index contributed by atoms with van der Waals surface area (Å²) in [4.78, 5) is 33.1. The Kier molecular flexibility index (Phi) is 8.53. The van der Waals surface area contributed by atoms with Crippen molar-refractivity contribution in [3.05, 3.63) is 0 Å². The molecule has 4 fully saturated rings. The number of sulfonamides is 1. The van der Waals surface area contributed by atoms with Crippen LogP contribution < -0.4 is 15.5 Å². The number of nitrogens with zero attached hydrogens (tertiary/aromatic N) is 1. The Balaban J connectivity index is 1.15. The number of hydrogen-bond acceptors (Lipinski definition) is 6. The first-order valence-corrected chi connectivity index (χ1v) is 14.8. The van der Waals surface area contributed by atoms with Crippen molar-refractivity contribution in [2.24, 2.45) is 11.8 Å². The molecule has 9 nitrogen and oxygen atoms in total. The third kappa shape index (κ3) is 6.71. The van der Waals surface area contributed by atoms with Gasteiger partial charge in [0, 0.05) is 43.4 Å². The second kappa shape index (κ2) is 11.2. The largest absolute Gasteiger partial charge is 0.353 e. The summed E-state index contributed by atoms with van der Waals surface area (Å²) in [7, 11) is -3.22. The van der Waals surface area contributed by atoms with Crippen molar-refractivity contribution >= 4 is 21.8 Å². The van der Waals surface area contributed by atoms with Crippen molar-refractivity contribution < 1.29 is 22.8 Å². The lowest BCUT2D eigenvalue weighted by Crippen LogP contribution is -2.46. The van der Waals surface area contributed by atoms with Crippen LogP contribution in [-0.4, -0.2) is 61.3 Å². The predicted octanol–water partition coefficient (Wildman–Crippen LogP) is 2.18. The first-order chi connectivity index (χ1) is 16.2. The molecule has 2 amide bonds. The van der Waals surface area contributed by atoms with Gasteiger partial charge in [-0.3, -0.25) is 14.4 Å². The molecule has 0 aromatic carbocycles. The summed E-state index contributed by atoms with van der Waals surface area (Å²) in [6.07, 6.45) is 9.03. The zero-order chi connectivity index (χ0) is 24.3.